The van der Waals surface area contributed by atoms with Crippen molar-refractivity contribution in [1.82, 2.24) is 5.32 Å². The van der Waals surface area contributed by atoms with Crippen LogP contribution in [0.15, 0.2) is 53.6 Å². The highest BCUT2D eigenvalue weighted by Gasteiger charge is 2.44. The Kier molecular flexibility index (Phi) is 11.5. The molecule has 1 amide bonds. The van der Waals surface area contributed by atoms with Crippen LogP contribution in [0, 0.1) is 23.7 Å². The van der Waals surface area contributed by atoms with E-state index in [0.29, 0.717) is 24.1 Å². The Hall–Kier alpha value is -2.69. The van der Waals surface area contributed by atoms with E-state index in [1.807, 2.05) is 12.2 Å². The van der Waals surface area contributed by atoms with Gasteiger partial charge in [-0.1, -0.05) is 101 Å². The predicted molar refractivity (Wildman–Crippen MR) is 182 cm³/mol. The van der Waals surface area contributed by atoms with Gasteiger partial charge in [-0.3, -0.25) is 14.6 Å². The van der Waals surface area contributed by atoms with Crippen molar-refractivity contribution < 1.29 is 9.59 Å². The Bertz CT molecular complexity index is 1190. The molecule has 2 aliphatic heterocycles. The molecule has 0 radical (unpaired) electrons. The number of nitrogens with one attached hydrogen (secondary N) is 1. The molecule has 3 N–H and O–H groups in total. The molecule has 3 fully saturated rings. The van der Waals surface area contributed by atoms with Crippen LogP contribution in [0.4, 0.5) is 0 Å². The fraction of sp³-hybridized carbons (Fsp3) is 0.667. The van der Waals surface area contributed by atoms with E-state index >= 15 is 0 Å². The summed E-state index contributed by atoms with van der Waals surface area (Å²) >= 11 is 0. The van der Waals surface area contributed by atoms with Crippen molar-refractivity contribution in [3.8, 4) is 0 Å². The Morgan fingerprint density at radius 3 is 2.25 bits per heavy atom. The molecule has 5 rings (SSSR count). The van der Waals surface area contributed by atoms with E-state index in [-0.39, 0.29) is 23.7 Å². The maximum atomic E-state index is 14.4. The van der Waals surface area contributed by atoms with E-state index < -0.39 is 5.54 Å². The number of rotatable bonds is 13. The normalized spacial score (nSPS) is 27.8. The number of aliphatic imine (C=N–C) groups is 1. The van der Waals surface area contributed by atoms with Gasteiger partial charge in [-0.25, -0.2) is 0 Å². The van der Waals surface area contributed by atoms with E-state index in [1.165, 1.54) is 69.8 Å². The van der Waals surface area contributed by atoms with E-state index in [9.17, 15) is 9.59 Å². The average molecular weight is 600 g/mol. The molecule has 240 valence electrons. The standard InChI is InChI=1S/C39H57N3O2/c1-3-28(2)14-20-35-21-19-33(38(44)41-35)24-30-15-17-31(18-16-30)25-34-26-36(40)42-39(37(34)43,27-32-12-8-5-9-13-32)23-22-29-10-6-4-7-11-29/h3,15-18,26,28-29,32-33,35H,1,4-14,19-25,27H2,2H3,(H2,40,42)(H,41,44)/t28?,33?,35-,39+/m0/s1. The van der Waals surface area contributed by atoms with Crippen molar-refractivity contribution in [2.75, 3.05) is 0 Å². The van der Waals surface area contributed by atoms with Crippen molar-refractivity contribution in [2.24, 2.45) is 34.4 Å². The van der Waals surface area contributed by atoms with E-state index in [0.717, 1.165) is 68.4 Å². The number of amidine groups is 1. The number of piperidine rings is 1. The summed E-state index contributed by atoms with van der Waals surface area (Å²) in [6.45, 7) is 6.06. The second-order valence-corrected chi connectivity index (χ2v) is 14.8. The van der Waals surface area contributed by atoms with Crippen molar-refractivity contribution in [3.63, 3.8) is 0 Å². The summed E-state index contributed by atoms with van der Waals surface area (Å²) in [5, 5.41) is 3.27. The minimum atomic E-state index is -0.691. The smallest absolute Gasteiger partial charge is 0.223 e. The third kappa shape index (κ3) is 8.73. The van der Waals surface area contributed by atoms with Crippen molar-refractivity contribution in [3.05, 3.63) is 59.7 Å². The van der Waals surface area contributed by atoms with Gasteiger partial charge in [0.1, 0.15) is 11.4 Å². The lowest BCUT2D eigenvalue weighted by Gasteiger charge is -2.37. The van der Waals surface area contributed by atoms with Crippen LogP contribution >= 0.6 is 0 Å². The Morgan fingerprint density at radius 1 is 0.932 bits per heavy atom. The van der Waals surface area contributed by atoms with E-state index in [1.54, 1.807) is 0 Å². The second-order valence-electron chi connectivity index (χ2n) is 14.8. The third-order valence-corrected chi connectivity index (χ3v) is 11.3. The molecule has 4 atom stereocenters. The number of benzene rings is 1. The van der Waals surface area contributed by atoms with Gasteiger partial charge in [-0.15, -0.1) is 6.58 Å². The zero-order valence-electron chi connectivity index (χ0n) is 27.3. The minimum Gasteiger partial charge on any atom is -0.384 e. The summed E-state index contributed by atoms with van der Waals surface area (Å²) in [5.74, 6) is 2.73. The third-order valence-electron chi connectivity index (χ3n) is 11.3. The molecule has 0 spiro atoms. The van der Waals surface area contributed by atoms with E-state index in [2.05, 4.69) is 43.1 Å². The molecule has 4 aliphatic rings. The first kappa shape index (κ1) is 32.7. The van der Waals surface area contributed by atoms with Crippen LogP contribution in [0.1, 0.15) is 127 Å². The van der Waals surface area contributed by atoms with Gasteiger partial charge >= 0.3 is 0 Å². The summed E-state index contributed by atoms with van der Waals surface area (Å²) in [6.07, 6.45) is 24.9. The second kappa shape index (κ2) is 15.5. The molecule has 2 unspecified atom stereocenters. The number of hydrogen-bond acceptors (Lipinski definition) is 4. The fourth-order valence-corrected chi connectivity index (χ4v) is 8.42. The maximum absolute atomic E-state index is 14.4. The number of ketones is 1. The number of allylic oxidation sites excluding steroid dienone is 1. The zero-order chi connectivity index (χ0) is 30.9. The van der Waals surface area contributed by atoms with Crippen molar-refractivity contribution >= 4 is 17.5 Å². The Labute approximate surface area is 266 Å². The number of carbonyl (C=O) groups is 2. The number of hydrogen-bond donors (Lipinski definition) is 2. The molecule has 44 heavy (non-hydrogen) atoms. The summed E-state index contributed by atoms with van der Waals surface area (Å²) in [7, 11) is 0. The highest BCUT2D eigenvalue weighted by Crippen LogP contribution is 2.41. The first-order valence-corrected chi connectivity index (χ1v) is 17.9. The molecule has 1 aromatic rings. The molecule has 5 heteroatoms. The first-order valence-electron chi connectivity index (χ1n) is 17.9. The highest BCUT2D eigenvalue weighted by atomic mass is 16.2. The van der Waals surface area contributed by atoms with Crippen molar-refractivity contribution in [1.29, 1.82) is 0 Å². The van der Waals surface area contributed by atoms with Gasteiger partial charge in [-0.05, 0) is 86.3 Å². The SMILES string of the molecule is C=CC(C)CC[C@H]1CCC(Cc2ccc(CC3=CC(N)=N[C@](CCC4CCCCC4)(CC4CCCCC4)C3=O)cc2)C(=O)N1. The average Bonchev–Trinajstić information content (AvgIpc) is 3.04. The molecule has 0 aromatic heterocycles. The molecular formula is C39H57N3O2. The fourth-order valence-electron chi connectivity index (χ4n) is 8.42. The quantitative estimate of drug-likeness (QED) is 0.224. The largest absolute Gasteiger partial charge is 0.384 e. The van der Waals surface area contributed by atoms with Crippen LogP contribution in [-0.2, 0) is 22.4 Å². The summed E-state index contributed by atoms with van der Waals surface area (Å²) < 4.78 is 0. The Morgan fingerprint density at radius 2 is 1.59 bits per heavy atom. The summed E-state index contributed by atoms with van der Waals surface area (Å²) in [4.78, 5) is 32.2. The van der Waals surface area contributed by atoms with Gasteiger partial charge in [0, 0.05) is 24.0 Å². The van der Waals surface area contributed by atoms with Crippen LogP contribution in [-0.4, -0.2) is 29.1 Å². The molecule has 1 aromatic carbocycles. The van der Waals surface area contributed by atoms with Gasteiger partial charge in [0.2, 0.25) is 5.91 Å². The number of dihydropyridines is 1. The number of nitrogens with zero attached hydrogens (tertiary/aromatic N) is 1. The minimum absolute atomic E-state index is 0.0251. The molecule has 2 heterocycles. The highest BCUT2D eigenvalue weighted by molar-refractivity contribution is 6.12. The summed E-state index contributed by atoms with van der Waals surface area (Å²) in [5.41, 5.74) is 8.92. The molecule has 2 aliphatic carbocycles. The van der Waals surface area contributed by atoms with Crippen LogP contribution in [0.2, 0.25) is 0 Å². The molecule has 1 saturated heterocycles. The number of nitrogens with two attached hydrogens (primary N) is 1. The molecule has 5 nitrogen and oxygen atoms in total. The number of carbonyl (C=O) groups excluding carboxylic acids is 2. The van der Waals surface area contributed by atoms with Crippen molar-refractivity contribution in [2.45, 2.75) is 141 Å². The zero-order valence-corrected chi connectivity index (χ0v) is 27.3. The number of Topliss-reactive ketones (excluding diaryl/α,β-unsaturated/α-hetero) is 1. The summed E-state index contributed by atoms with van der Waals surface area (Å²) in [6, 6.07) is 8.84. The lowest BCUT2D eigenvalue weighted by atomic mass is 9.71. The van der Waals surface area contributed by atoms with Crippen LogP contribution < -0.4 is 11.1 Å². The molecule has 0 bridgehead atoms. The van der Waals surface area contributed by atoms with Crippen LogP contribution in [0.5, 0.6) is 0 Å². The lowest BCUT2D eigenvalue weighted by Crippen LogP contribution is -2.45. The molecular weight excluding hydrogens is 542 g/mol. The topological polar surface area (TPSA) is 84.5 Å². The van der Waals surface area contributed by atoms with Crippen LogP contribution in [0.25, 0.3) is 0 Å². The number of amides is 1. The van der Waals surface area contributed by atoms with Gasteiger partial charge in [0.25, 0.3) is 0 Å². The maximum Gasteiger partial charge on any atom is 0.223 e. The Balaban J connectivity index is 1.21. The monoisotopic (exact) mass is 599 g/mol. The van der Waals surface area contributed by atoms with E-state index in [4.69, 9.17) is 10.7 Å². The molecule has 2 saturated carbocycles. The first-order chi connectivity index (χ1) is 21.3. The van der Waals surface area contributed by atoms with Gasteiger partial charge in [-0.2, -0.15) is 0 Å². The van der Waals surface area contributed by atoms with Gasteiger partial charge in [0.05, 0.1) is 0 Å². The lowest BCUT2D eigenvalue weighted by molar-refractivity contribution is -0.128. The van der Waals surface area contributed by atoms with Crippen LogP contribution in [0.3, 0.4) is 0 Å². The van der Waals surface area contributed by atoms with Gasteiger partial charge < -0.3 is 11.1 Å². The van der Waals surface area contributed by atoms with Gasteiger partial charge in [0.15, 0.2) is 5.78 Å². The predicted octanol–water partition coefficient (Wildman–Crippen LogP) is 8.20.